The van der Waals surface area contributed by atoms with Crippen molar-refractivity contribution in [3.63, 3.8) is 0 Å². The maximum Gasteiger partial charge on any atom is 0.272 e. The molecule has 31 heavy (non-hydrogen) atoms. The van der Waals surface area contributed by atoms with Crippen molar-refractivity contribution < 1.29 is 14.3 Å². The number of methoxy groups -OCH3 is 1. The van der Waals surface area contributed by atoms with E-state index in [-0.39, 0.29) is 11.8 Å². The minimum atomic E-state index is -0.223. The summed E-state index contributed by atoms with van der Waals surface area (Å²) in [5, 5.41) is 7.48. The molecule has 3 aromatic rings. The number of aromatic nitrogens is 3. The molecule has 0 unspecified atom stereocenters. The number of carbonyl (C=O) groups is 2. The molecule has 3 heterocycles. The molecule has 1 aliphatic heterocycles. The molecule has 0 saturated carbocycles. The average molecular weight is 419 g/mol. The zero-order valence-electron chi connectivity index (χ0n) is 17.7. The van der Waals surface area contributed by atoms with E-state index in [1.165, 1.54) is 0 Å². The van der Waals surface area contributed by atoms with Gasteiger partial charge in [-0.3, -0.25) is 19.3 Å². The van der Waals surface area contributed by atoms with Gasteiger partial charge in [-0.2, -0.15) is 5.10 Å². The van der Waals surface area contributed by atoms with Crippen LogP contribution in [0.5, 0.6) is 5.75 Å². The van der Waals surface area contributed by atoms with E-state index in [9.17, 15) is 9.59 Å². The van der Waals surface area contributed by atoms with Crippen molar-refractivity contribution >= 4 is 11.8 Å². The van der Waals surface area contributed by atoms with Gasteiger partial charge >= 0.3 is 0 Å². The molecule has 0 fully saturated rings. The van der Waals surface area contributed by atoms with E-state index in [0.29, 0.717) is 43.9 Å². The lowest BCUT2D eigenvalue weighted by Crippen LogP contribution is -2.37. The summed E-state index contributed by atoms with van der Waals surface area (Å²) < 4.78 is 7.20. The second kappa shape index (κ2) is 8.99. The lowest BCUT2D eigenvalue weighted by Gasteiger charge is -2.28. The van der Waals surface area contributed by atoms with Crippen molar-refractivity contribution in [3.05, 3.63) is 76.9 Å². The second-order valence-electron chi connectivity index (χ2n) is 7.36. The molecule has 1 aliphatic rings. The average Bonchev–Trinajstić information content (AvgIpc) is 3.17. The van der Waals surface area contributed by atoms with Crippen molar-refractivity contribution in [2.45, 2.75) is 26.4 Å². The van der Waals surface area contributed by atoms with E-state index in [1.54, 1.807) is 36.5 Å². The van der Waals surface area contributed by atoms with Gasteiger partial charge in [0, 0.05) is 43.2 Å². The molecule has 0 radical (unpaired) electrons. The molecule has 0 bridgehead atoms. The molecular formula is C23H25N5O3. The monoisotopic (exact) mass is 419 g/mol. The number of fused-ring (bicyclic) bond motifs is 1. The second-order valence-corrected chi connectivity index (χ2v) is 7.36. The van der Waals surface area contributed by atoms with Gasteiger partial charge in [-0.15, -0.1) is 0 Å². The number of nitrogens with zero attached hydrogens (tertiary/aromatic N) is 4. The van der Waals surface area contributed by atoms with E-state index in [0.717, 1.165) is 22.6 Å². The summed E-state index contributed by atoms with van der Waals surface area (Å²) in [6.07, 6.45) is 3.83. The molecule has 4 rings (SSSR count). The Morgan fingerprint density at radius 1 is 1.23 bits per heavy atom. The van der Waals surface area contributed by atoms with Crippen molar-refractivity contribution in [2.75, 3.05) is 20.2 Å². The molecule has 160 valence electrons. The standard InChI is InChI=1S/C23H25N5O3/c1-3-25-22(29)21-19-15-27(23(30)17-7-5-10-24-13-17)11-9-20(19)28(26-21)14-16-6-4-8-18(12-16)31-2/h4-8,10,12-13H,3,9,11,14-15H2,1-2H3,(H,25,29). The van der Waals surface area contributed by atoms with Gasteiger partial charge in [-0.05, 0) is 36.8 Å². The predicted molar refractivity (Wildman–Crippen MR) is 115 cm³/mol. The van der Waals surface area contributed by atoms with Crippen LogP contribution in [0.25, 0.3) is 0 Å². The normalized spacial score (nSPS) is 12.9. The highest BCUT2D eigenvalue weighted by molar-refractivity contribution is 5.96. The molecule has 1 N–H and O–H groups in total. The first kappa shape index (κ1) is 20.6. The third-order valence-electron chi connectivity index (χ3n) is 5.35. The van der Waals surface area contributed by atoms with Gasteiger partial charge in [0.2, 0.25) is 0 Å². The molecule has 2 aromatic heterocycles. The molecular weight excluding hydrogens is 394 g/mol. The summed E-state index contributed by atoms with van der Waals surface area (Å²) in [6.45, 7) is 3.80. The van der Waals surface area contributed by atoms with Crippen LogP contribution in [-0.2, 0) is 19.5 Å². The Bertz CT molecular complexity index is 1090. The molecule has 0 aliphatic carbocycles. The van der Waals surface area contributed by atoms with Gasteiger partial charge < -0.3 is 15.0 Å². The number of amides is 2. The lowest BCUT2D eigenvalue weighted by molar-refractivity contribution is 0.0730. The van der Waals surface area contributed by atoms with Crippen LogP contribution >= 0.6 is 0 Å². The minimum absolute atomic E-state index is 0.0962. The fourth-order valence-corrected chi connectivity index (χ4v) is 3.84. The summed E-state index contributed by atoms with van der Waals surface area (Å²) in [5.74, 6) is 0.454. The molecule has 8 nitrogen and oxygen atoms in total. The van der Waals surface area contributed by atoms with E-state index in [4.69, 9.17) is 4.74 Å². The Morgan fingerprint density at radius 3 is 2.84 bits per heavy atom. The third kappa shape index (κ3) is 4.28. The predicted octanol–water partition coefficient (Wildman–Crippen LogP) is 2.28. The summed E-state index contributed by atoms with van der Waals surface area (Å²) in [4.78, 5) is 31.4. The van der Waals surface area contributed by atoms with Crippen LogP contribution in [-0.4, -0.2) is 51.7 Å². The summed E-state index contributed by atoms with van der Waals surface area (Å²) in [7, 11) is 1.63. The number of hydrogen-bond donors (Lipinski definition) is 1. The first-order valence-electron chi connectivity index (χ1n) is 10.3. The Labute approximate surface area is 180 Å². The number of ether oxygens (including phenoxy) is 1. The van der Waals surface area contributed by atoms with Crippen molar-refractivity contribution in [3.8, 4) is 5.75 Å². The smallest absolute Gasteiger partial charge is 0.272 e. The van der Waals surface area contributed by atoms with E-state index in [2.05, 4.69) is 15.4 Å². The van der Waals surface area contributed by atoms with Gasteiger partial charge in [0.05, 0.1) is 25.8 Å². The van der Waals surface area contributed by atoms with Crippen molar-refractivity contribution in [1.82, 2.24) is 25.0 Å². The van der Waals surface area contributed by atoms with Crippen LogP contribution in [0.3, 0.4) is 0 Å². The maximum absolute atomic E-state index is 12.9. The van der Waals surface area contributed by atoms with Crippen molar-refractivity contribution in [1.29, 1.82) is 0 Å². The SMILES string of the molecule is CCNC(=O)c1nn(Cc2cccc(OC)c2)c2c1CN(C(=O)c1cccnc1)CC2. The van der Waals surface area contributed by atoms with Crippen LogP contribution in [0, 0.1) is 0 Å². The number of rotatable bonds is 6. The van der Waals surface area contributed by atoms with Crippen LogP contribution in [0.4, 0.5) is 0 Å². The molecule has 1 aromatic carbocycles. The topological polar surface area (TPSA) is 89.4 Å². The van der Waals surface area contributed by atoms with Crippen LogP contribution in [0.1, 0.15) is 44.6 Å². The molecule has 0 saturated heterocycles. The Morgan fingerprint density at radius 2 is 2.10 bits per heavy atom. The van der Waals surface area contributed by atoms with Crippen LogP contribution < -0.4 is 10.1 Å². The fourth-order valence-electron chi connectivity index (χ4n) is 3.84. The van der Waals surface area contributed by atoms with E-state index < -0.39 is 0 Å². The number of pyridine rings is 1. The van der Waals surface area contributed by atoms with Gasteiger partial charge in [0.25, 0.3) is 11.8 Å². The molecule has 8 heteroatoms. The van der Waals surface area contributed by atoms with Gasteiger partial charge in [-0.1, -0.05) is 12.1 Å². The third-order valence-corrected chi connectivity index (χ3v) is 5.35. The summed E-state index contributed by atoms with van der Waals surface area (Å²) in [5.41, 5.74) is 3.73. The van der Waals surface area contributed by atoms with Crippen molar-refractivity contribution in [2.24, 2.45) is 0 Å². The first-order chi connectivity index (χ1) is 15.1. The molecule has 2 amide bonds. The highest BCUT2D eigenvalue weighted by atomic mass is 16.5. The largest absolute Gasteiger partial charge is 0.497 e. The fraction of sp³-hybridized carbons (Fsp3) is 0.304. The summed E-state index contributed by atoms with van der Waals surface area (Å²) in [6, 6.07) is 11.3. The zero-order valence-corrected chi connectivity index (χ0v) is 17.7. The lowest BCUT2D eigenvalue weighted by atomic mass is 10.0. The van der Waals surface area contributed by atoms with Crippen LogP contribution in [0.15, 0.2) is 48.8 Å². The minimum Gasteiger partial charge on any atom is -0.497 e. The number of benzene rings is 1. The zero-order chi connectivity index (χ0) is 21.8. The van der Waals surface area contributed by atoms with Gasteiger partial charge in [-0.25, -0.2) is 0 Å². The van der Waals surface area contributed by atoms with Crippen LogP contribution in [0.2, 0.25) is 0 Å². The summed E-state index contributed by atoms with van der Waals surface area (Å²) >= 11 is 0. The number of carbonyl (C=O) groups excluding carboxylic acids is 2. The number of nitrogens with one attached hydrogen (secondary N) is 1. The van der Waals surface area contributed by atoms with Gasteiger partial charge in [0.1, 0.15) is 5.75 Å². The number of hydrogen-bond acceptors (Lipinski definition) is 5. The van der Waals surface area contributed by atoms with Gasteiger partial charge in [0.15, 0.2) is 5.69 Å². The molecule has 0 spiro atoms. The maximum atomic E-state index is 12.9. The van der Waals surface area contributed by atoms with E-state index in [1.807, 2.05) is 35.9 Å². The Balaban J connectivity index is 1.66. The quantitative estimate of drug-likeness (QED) is 0.662. The Kier molecular flexibility index (Phi) is 5.97. The highest BCUT2D eigenvalue weighted by Gasteiger charge is 2.30. The Hall–Kier alpha value is -3.68. The van der Waals surface area contributed by atoms with E-state index >= 15 is 0 Å². The first-order valence-corrected chi connectivity index (χ1v) is 10.3. The highest BCUT2D eigenvalue weighted by Crippen LogP contribution is 2.25. The molecule has 0 atom stereocenters.